The molecule has 1 fully saturated rings. The average molecular weight is 248 g/mol. The molecule has 0 bridgehead atoms. The van der Waals surface area contributed by atoms with E-state index in [2.05, 4.69) is 35.6 Å². The summed E-state index contributed by atoms with van der Waals surface area (Å²) in [4.78, 5) is 11.2. The number of piperidine rings is 1. The minimum absolute atomic E-state index is 0.508. The van der Waals surface area contributed by atoms with Crippen LogP contribution in [0.25, 0.3) is 0 Å². The smallest absolute Gasteiger partial charge is 0.137 e. The summed E-state index contributed by atoms with van der Waals surface area (Å²) in [6, 6.07) is 0.508. The first-order valence-corrected chi connectivity index (χ1v) is 6.77. The number of anilines is 2. The molecule has 0 saturated carbocycles. The van der Waals surface area contributed by atoms with Crippen LogP contribution >= 0.6 is 0 Å². The van der Waals surface area contributed by atoms with Crippen molar-refractivity contribution in [2.75, 3.05) is 17.2 Å². The number of nitrogen functional groups attached to an aromatic ring is 1. The van der Waals surface area contributed by atoms with Crippen molar-refractivity contribution in [3.05, 3.63) is 11.4 Å². The van der Waals surface area contributed by atoms with Crippen LogP contribution in [0.15, 0.2) is 0 Å². The van der Waals surface area contributed by atoms with E-state index in [0.717, 1.165) is 23.8 Å². The molecule has 0 aromatic carbocycles. The van der Waals surface area contributed by atoms with Crippen LogP contribution in [0.2, 0.25) is 0 Å². The van der Waals surface area contributed by atoms with Crippen molar-refractivity contribution in [2.45, 2.75) is 47.1 Å². The van der Waals surface area contributed by atoms with Crippen molar-refractivity contribution < 1.29 is 0 Å². The van der Waals surface area contributed by atoms with E-state index in [1.165, 1.54) is 6.42 Å². The predicted molar refractivity (Wildman–Crippen MR) is 75.7 cm³/mol. The lowest BCUT2D eigenvalue weighted by Crippen LogP contribution is -2.46. The Balaban J connectivity index is 2.41. The molecule has 100 valence electrons. The fourth-order valence-corrected chi connectivity index (χ4v) is 2.91. The van der Waals surface area contributed by atoms with Crippen molar-refractivity contribution in [2.24, 2.45) is 11.8 Å². The van der Waals surface area contributed by atoms with Gasteiger partial charge in [0.1, 0.15) is 17.5 Å². The van der Waals surface area contributed by atoms with E-state index in [0.29, 0.717) is 23.7 Å². The molecule has 3 unspecified atom stereocenters. The molecule has 1 aliphatic heterocycles. The number of aromatic nitrogens is 2. The van der Waals surface area contributed by atoms with E-state index >= 15 is 0 Å². The van der Waals surface area contributed by atoms with E-state index in [1.807, 2.05) is 13.8 Å². The van der Waals surface area contributed by atoms with Gasteiger partial charge in [0, 0.05) is 18.2 Å². The molecule has 4 nitrogen and oxygen atoms in total. The second-order valence-electron chi connectivity index (χ2n) is 5.82. The molecule has 4 heteroatoms. The van der Waals surface area contributed by atoms with Crippen molar-refractivity contribution in [3.8, 4) is 0 Å². The molecule has 2 rings (SSSR count). The minimum Gasteiger partial charge on any atom is -0.383 e. The summed E-state index contributed by atoms with van der Waals surface area (Å²) in [5, 5.41) is 0. The number of nitrogens with two attached hydrogens (primary N) is 1. The molecule has 1 aromatic heterocycles. The lowest BCUT2D eigenvalue weighted by atomic mass is 9.86. The van der Waals surface area contributed by atoms with Gasteiger partial charge < -0.3 is 10.6 Å². The summed E-state index contributed by atoms with van der Waals surface area (Å²) in [6.07, 6.45) is 1.29. The van der Waals surface area contributed by atoms with Crippen LogP contribution < -0.4 is 10.6 Å². The van der Waals surface area contributed by atoms with Gasteiger partial charge in [-0.1, -0.05) is 13.8 Å². The van der Waals surface area contributed by atoms with Crippen LogP contribution in [0.3, 0.4) is 0 Å². The highest BCUT2D eigenvalue weighted by Gasteiger charge is 2.30. The number of aryl methyl sites for hydroxylation is 1. The first-order chi connectivity index (χ1) is 8.40. The van der Waals surface area contributed by atoms with E-state index in [1.54, 1.807) is 0 Å². The molecule has 2 heterocycles. The Morgan fingerprint density at radius 2 is 1.83 bits per heavy atom. The molecule has 0 spiro atoms. The Hall–Kier alpha value is -1.32. The van der Waals surface area contributed by atoms with Crippen LogP contribution in [0.1, 0.15) is 38.6 Å². The minimum atomic E-state index is 0.508. The van der Waals surface area contributed by atoms with E-state index in [-0.39, 0.29) is 0 Å². The van der Waals surface area contributed by atoms with Gasteiger partial charge in [-0.3, -0.25) is 0 Å². The van der Waals surface area contributed by atoms with Crippen LogP contribution in [0.5, 0.6) is 0 Å². The summed E-state index contributed by atoms with van der Waals surface area (Å²) in [6.45, 7) is 11.9. The third-order valence-corrected chi connectivity index (χ3v) is 4.14. The summed E-state index contributed by atoms with van der Waals surface area (Å²) in [5.41, 5.74) is 6.97. The summed E-state index contributed by atoms with van der Waals surface area (Å²) >= 11 is 0. The third kappa shape index (κ3) is 2.28. The number of nitrogens with zero attached hydrogens (tertiary/aromatic N) is 3. The molecule has 0 amide bonds. The number of rotatable bonds is 1. The average Bonchev–Trinajstić information content (AvgIpc) is 2.28. The second-order valence-corrected chi connectivity index (χ2v) is 5.82. The van der Waals surface area contributed by atoms with Gasteiger partial charge in [0.2, 0.25) is 0 Å². The lowest BCUT2D eigenvalue weighted by molar-refractivity contribution is 0.295. The molecule has 2 N–H and O–H groups in total. The summed E-state index contributed by atoms with van der Waals surface area (Å²) in [7, 11) is 0. The van der Waals surface area contributed by atoms with Gasteiger partial charge in [-0.2, -0.15) is 0 Å². The van der Waals surface area contributed by atoms with Crippen molar-refractivity contribution >= 4 is 11.6 Å². The van der Waals surface area contributed by atoms with Gasteiger partial charge >= 0.3 is 0 Å². The Bertz CT molecular complexity index is 444. The fraction of sp³-hybridized carbons (Fsp3) is 0.714. The van der Waals surface area contributed by atoms with Crippen molar-refractivity contribution in [1.82, 2.24) is 9.97 Å². The van der Waals surface area contributed by atoms with Crippen LogP contribution in [0, 0.1) is 25.7 Å². The third-order valence-electron chi connectivity index (χ3n) is 4.14. The summed E-state index contributed by atoms with van der Waals surface area (Å²) < 4.78 is 0. The monoisotopic (exact) mass is 248 g/mol. The van der Waals surface area contributed by atoms with Gasteiger partial charge in [0.25, 0.3) is 0 Å². The molecule has 0 radical (unpaired) electrons. The van der Waals surface area contributed by atoms with Crippen molar-refractivity contribution in [3.63, 3.8) is 0 Å². The highest BCUT2D eigenvalue weighted by Crippen LogP contribution is 2.32. The Morgan fingerprint density at radius 1 is 1.17 bits per heavy atom. The highest BCUT2D eigenvalue weighted by atomic mass is 15.2. The molecule has 1 saturated heterocycles. The first kappa shape index (κ1) is 13.1. The zero-order valence-electron chi connectivity index (χ0n) is 12.1. The van der Waals surface area contributed by atoms with Gasteiger partial charge in [-0.05, 0) is 39.0 Å². The van der Waals surface area contributed by atoms with E-state index in [4.69, 9.17) is 5.73 Å². The number of hydrogen-bond donors (Lipinski definition) is 1. The molecular formula is C14H24N4. The Morgan fingerprint density at radius 3 is 2.50 bits per heavy atom. The number of hydrogen-bond acceptors (Lipinski definition) is 4. The zero-order valence-corrected chi connectivity index (χ0v) is 12.1. The highest BCUT2D eigenvalue weighted by molar-refractivity contribution is 5.57. The van der Waals surface area contributed by atoms with E-state index in [9.17, 15) is 0 Å². The molecular weight excluding hydrogens is 224 g/mol. The normalized spacial score (nSPS) is 28.5. The predicted octanol–water partition coefficient (Wildman–Crippen LogP) is 2.55. The van der Waals surface area contributed by atoms with Gasteiger partial charge in [-0.15, -0.1) is 0 Å². The van der Waals surface area contributed by atoms with Crippen LogP contribution in [0.4, 0.5) is 11.6 Å². The van der Waals surface area contributed by atoms with Crippen LogP contribution in [-0.4, -0.2) is 22.6 Å². The molecule has 18 heavy (non-hydrogen) atoms. The lowest BCUT2D eigenvalue weighted by Gasteiger charge is -2.42. The molecule has 0 aliphatic carbocycles. The van der Waals surface area contributed by atoms with Crippen LogP contribution in [-0.2, 0) is 0 Å². The maximum Gasteiger partial charge on any atom is 0.137 e. The van der Waals surface area contributed by atoms with Gasteiger partial charge in [0.15, 0.2) is 0 Å². The first-order valence-electron chi connectivity index (χ1n) is 6.77. The van der Waals surface area contributed by atoms with Gasteiger partial charge in [-0.25, -0.2) is 9.97 Å². The summed E-state index contributed by atoms with van der Waals surface area (Å²) in [5.74, 6) is 3.77. The largest absolute Gasteiger partial charge is 0.383 e. The SMILES string of the molecule is Cc1nc(N)c(C)c(N2CC(C)CC(C)C2C)n1. The fourth-order valence-electron chi connectivity index (χ4n) is 2.91. The molecule has 3 atom stereocenters. The topological polar surface area (TPSA) is 55.0 Å². The Kier molecular flexibility index (Phi) is 3.46. The quantitative estimate of drug-likeness (QED) is 0.830. The van der Waals surface area contributed by atoms with E-state index < -0.39 is 0 Å². The molecule has 1 aromatic rings. The standard InChI is InChI=1S/C14H24N4/c1-8-6-9(2)11(4)18(7-8)14-10(3)13(15)16-12(5)17-14/h8-9,11H,6-7H2,1-5H3,(H2,15,16,17). The van der Waals surface area contributed by atoms with Gasteiger partial charge in [0.05, 0.1) is 0 Å². The maximum absolute atomic E-state index is 5.97. The maximum atomic E-state index is 5.97. The molecule has 1 aliphatic rings. The second kappa shape index (κ2) is 4.75. The Labute approximate surface area is 110 Å². The zero-order chi connectivity index (χ0) is 13.4. The van der Waals surface area contributed by atoms with Crippen molar-refractivity contribution in [1.29, 1.82) is 0 Å².